The number of rotatable bonds is 3. The SMILES string of the molecule is O=C(O)C1CC2(CCN(S(=O)(=O)N3CCCC3)CC2)CN1. The summed E-state index contributed by atoms with van der Waals surface area (Å²) >= 11 is 0. The van der Waals surface area contributed by atoms with Crippen LogP contribution in [-0.2, 0) is 15.0 Å². The number of piperidine rings is 1. The first-order chi connectivity index (χ1) is 9.93. The molecule has 1 atom stereocenters. The van der Waals surface area contributed by atoms with Gasteiger partial charge in [-0.05, 0) is 37.5 Å². The van der Waals surface area contributed by atoms with Gasteiger partial charge in [-0.1, -0.05) is 0 Å². The Hall–Kier alpha value is -0.700. The van der Waals surface area contributed by atoms with Gasteiger partial charge >= 0.3 is 5.97 Å². The van der Waals surface area contributed by atoms with Crippen LogP contribution in [0.15, 0.2) is 0 Å². The molecular formula is C13H23N3O4S. The van der Waals surface area contributed by atoms with E-state index in [1.54, 1.807) is 8.61 Å². The highest BCUT2D eigenvalue weighted by atomic mass is 32.2. The van der Waals surface area contributed by atoms with Crippen molar-refractivity contribution in [1.82, 2.24) is 13.9 Å². The summed E-state index contributed by atoms with van der Waals surface area (Å²) in [5.74, 6) is -0.806. The van der Waals surface area contributed by atoms with Crippen molar-refractivity contribution in [2.24, 2.45) is 5.41 Å². The number of aliphatic carboxylic acids is 1. The van der Waals surface area contributed by atoms with Gasteiger partial charge in [-0.15, -0.1) is 0 Å². The van der Waals surface area contributed by atoms with E-state index in [0.29, 0.717) is 39.1 Å². The van der Waals surface area contributed by atoms with Crippen molar-refractivity contribution in [2.45, 2.75) is 38.1 Å². The highest BCUT2D eigenvalue weighted by Gasteiger charge is 2.46. The lowest BCUT2D eigenvalue weighted by Gasteiger charge is -2.39. The number of nitrogens with one attached hydrogen (secondary N) is 1. The maximum absolute atomic E-state index is 12.5. The third-order valence-electron chi connectivity index (χ3n) is 5.16. The molecule has 21 heavy (non-hydrogen) atoms. The van der Waals surface area contributed by atoms with E-state index in [-0.39, 0.29) is 5.41 Å². The van der Waals surface area contributed by atoms with Crippen molar-refractivity contribution < 1.29 is 18.3 Å². The molecule has 0 aliphatic carbocycles. The van der Waals surface area contributed by atoms with Crippen molar-refractivity contribution in [2.75, 3.05) is 32.7 Å². The van der Waals surface area contributed by atoms with Crippen LogP contribution in [0.25, 0.3) is 0 Å². The Bertz CT molecular complexity index is 508. The van der Waals surface area contributed by atoms with Gasteiger partial charge in [0, 0.05) is 32.7 Å². The number of hydrogen-bond acceptors (Lipinski definition) is 4. The Morgan fingerprint density at radius 1 is 1.10 bits per heavy atom. The van der Waals surface area contributed by atoms with Gasteiger partial charge in [0.15, 0.2) is 0 Å². The fourth-order valence-electron chi connectivity index (χ4n) is 3.75. The van der Waals surface area contributed by atoms with Gasteiger partial charge in [-0.3, -0.25) is 4.79 Å². The largest absolute Gasteiger partial charge is 0.480 e. The summed E-state index contributed by atoms with van der Waals surface area (Å²) in [6.45, 7) is 2.96. The van der Waals surface area contributed by atoms with Crippen molar-refractivity contribution in [3.63, 3.8) is 0 Å². The normalized spacial score (nSPS) is 31.0. The van der Waals surface area contributed by atoms with Crippen LogP contribution < -0.4 is 5.32 Å². The number of carboxylic acid groups (broad SMARTS) is 1. The Kier molecular flexibility index (Phi) is 3.98. The molecule has 3 aliphatic rings. The first kappa shape index (κ1) is 15.2. The highest BCUT2D eigenvalue weighted by molar-refractivity contribution is 7.86. The lowest BCUT2D eigenvalue weighted by atomic mass is 9.77. The minimum Gasteiger partial charge on any atom is -0.480 e. The van der Waals surface area contributed by atoms with E-state index in [0.717, 1.165) is 25.7 Å². The fourth-order valence-corrected chi connectivity index (χ4v) is 5.44. The van der Waals surface area contributed by atoms with Crippen LogP contribution in [0.1, 0.15) is 32.1 Å². The molecule has 7 nitrogen and oxygen atoms in total. The minimum atomic E-state index is -3.31. The molecule has 1 spiro atoms. The quantitative estimate of drug-likeness (QED) is 0.756. The van der Waals surface area contributed by atoms with Crippen molar-refractivity contribution >= 4 is 16.2 Å². The Labute approximate surface area is 125 Å². The molecule has 2 N–H and O–H groups in total. The number of hydrogen-bond donors (Lipinski definition) is 2. The lowest BCUT2D eigenvalue weighted by Crippen LogP contribution is -2.49. The van der Waals surface area contributed by atoms with E-state index in [2.05, 4.69) is 5.32 Å². The van der Waals surface area contributed by atoms with Crippen LogP contribution in [0.3, 0.4) is 0 Å². The van der Waals surface area contributed by atoms with Crippen molar-refractivity contribution in [3.8, 4) is 0 Å². The van der Waals surface area contributed by atoms with E-state index >= 15 is 0 Å². The van der Waals surface area contributed by atoms with Gasteiger partial charge < -0.3 is 10.4 Å². The predicted molar refractivity (Wildman–Crippen MR) is 77.0 cm³/mol. The molecule has 0 amide bonds. The van der Waals surface area contributed by atoms with E-state index in [1.165, 1.54) is 0 Å². The summed E-state index contributed by atoms with van der Waals surface area (Å²) in [5, 5.41) is 12.1. The van der Waals surface area contributed by atoms with Crippen LogP contribution in [-0.4, -0.2) is 66.9 Å². The molecule has 3 aliphatic heterocycles. The molecule has 8 heteroatoms. The molecule has 3 heterocycles. The molecule has 0 aromatic carbocycles. The molecule has 3 fully saturated rings. The lowest BCUT2D eigenvalue weighted by molar-refractivity contribution is -0.139. The Morgan fingerprint density at radius 2 is 1.67 bits per heavy atom. The predicted octanol–water partition coefficient (Wildman–Crippen LogP) is -0.144. The number of nitrogens with zero attached hydrogens (tertiary/aromatic N) is 2. The summed E-state index contributed by atoms with van der Waals surface area (Å²) in [6, 6.07) is -0.480. The average molecular weight is 317 g/mol. The summed E-state index contributed by atoms with van der Waals surface area (Å²) in [7, 11) is -3.31. The molecular weight excluding hydrogens is 294 g/mol. The second-order valence-electron chi connectivity index (χ2n) is 6.49. The molecule has 0 aromatic heterocycles. The topological polar surface area (TPSA) is 90.0 Å². The van der Waals surface area contributed by atoms with E-state index in [9.17, 15) is 13.2 Å². The number of carboxylic acids is 1. The van der Waals surface area contributed by atoms with Gasteiger partial charge in [0.05, 0.1) is 0 Å². The Balaban J connectivity index is 1.62. The molecule has 0 radical (unpaired) electrons. The van der Waals surface area contributed by atoms with Gasteiger partial charge in [-0.25, -0.2) is 0 Å². The van der Waals surface area contributed by atoms with Gasteiger partial charge in [0.25, 0.3) is 10.2 Å². The smallest absolute Gasteiger partial charge is 0.320 e. The highest BCUT2D eigenvalue weighted by Crippen LogP contribution is 2.40. The second kappa shape index (κ2) is 5.49. The van der Waals surface area contributed by atoms with Gasteiger partial charge in [-0.2, -0.15) is 17.0 Å². The van der Waals surface area contributed by atoms with E-state index < -0.39 is 22.2 Å². The molecule has 3 saturated heterocycles. The number of carbonyl (C=O) groups is 1. The minimum absolute atomic E-state index is 0.0416. The zero-order valence-electron chi connectivity index (χ0n) is 12.1. The molecule has 1 unspecified atom stereocenters. The van der Waals surface area contributed by atoms with Crippen LogP contribution in [0.2, 0.25) is 0 Å². The third kappa shape index (κ3) is 2.81. The summed E-state index contributed by atoms with van der Waals surface area (Å²) in [4.78, 5) is 11.0. The standard InChI is InChI=1S/C13H23N3O4S/c17-12(18)11-9-13(10-14-11)3-7-16(8-4-13)21(19,20)15-5-1-2-6-15/h11,14H,1-10H2,(H,17,18). The first-order valence-electron chi connectivity index (χ1n) is 7.64. The first-order valence-corrected chi connectivity index (χ1v) is 9.04. The van der Waals surface area contributed by atoms with Crippen LogP contribution in [0, 0.1) is 5.41 Å². The maximum atomic E-state index is 12.5. The Morgan fingerprint density at radius 3 is 2.19 bits per heavy atom. The van der Waals surface area contributed by atoms with Crippen LogP contribution in [0.5, 0.6) is 0 Å². The van der Waals surface area contributed by atoms with Crippen molar-refractivity contribution in [3.05, 3.63) is 0 Å². The average Bonchev–Trinajstić information content (AvgIpc) is 3.09. The monoisotopic (exact) mass is 317 g/mol. The second-order valence-corrected chi connectivity index (χ2v) is 8.42. The van der Waals surface area contributed by atoms with Gasteiger partial charge in [0.2, 0.25) is 0 Å². The van der Waals surface area contributed by atoms with Crippen LogP contribution >= 0.6 is 0 Å². The fraction of sp³-hybridized carbons (Fsp3) is 0.923. The van der Waals surface area contributed by atoms with Crippen molar-refractivity contribution in [1.29, 1.82) is 0 Å². The zero-order valence-corrected chi connectivity index (χ0v) is 12.9. The zero-order chi connectivity index (χ0) is 15.1. The molecule has 0 aromatic rings. The molecule has 0 bridgehead atoms. The van der Waals surface area contributed by atoms with Gasteiger partial charge in [0.1, 0.15) is 6.04 Å². The maximum Gasteiger partial charge on any atom is 0.320 e. The molecule has 3 rings (SSSR count). The summed E-state index contributed by atoms with van der Waals surface area (Å²) in [6.07, 6.45) is 4.00. The molecule has 120 valence electrons. The van der Waals surface area contributed by atoms with Crippen LogP contribution in [0.4, 0.5) is 0 Å². The van der Waals surface area contributed by atoms with E-state index in [4.69, 9.17) is 5.11 Å². The van der Waals surface area contributed by atoms with E-state index in [1.807, 2.05) is 0 Å². The molecule has 0 saturated carbocycles. The third-order valence-corrected chi connectivity index (χ3v) is 7.19. The summed E-state index contributed by atoms with van der Waals surface area (Å²) in [5.41, 5.74) is -0.0416. The summed E-state index contributed by atoms with van der Waals surface area (Å²) < 4.78 is 28.2.